The SMILES string of the molecule is FC(F)(F)c1cnc(OCc2ccccc2)nc1Nc1ccc(C2CCCCC2)cc1. The van der Waals surface area contributed by atoms with Crippen molar-refractivity contribution in [1.29, 1.82) is 0 Å². The number of halogens is 3. The van der Waals surface area contributed by atoms with E-state index < -0.39 is 11.7 Å². The van der Waals surface area contributed by atoms with Crippen molar-refractivity contribution in [1.82, 2.24) is 9.97 Å². The lowest BCUT2D eigenvalue weighted by Gasteiger charge is -2.22. The molecule has 1 aromatic heterocycles. The average Bonchev–Trinajstić information content (AvgIpc) is 2.79. The first-order chi connectivity index (χ1) is 15.0. The monoisotopic (exact) mass is 427 g/mol. The minimum Gasteiger partial charge on any atom is -0.459 e. The molecule has 0 saturated heterocycles. The van der Waals surface area contributed by atoms with Gasteiger partial charge in [-0.05, 0) is 42.0 Å². The highest BCUT2D eigenvalue weighted by atomic mass is 19.4. The zero-order valence-corrected chi connectivity index (χ0v) is 17.0. The van der Waals surface area contributed by atoms with Crippen molar-refractivity contribution in [2.24, 2.45) is 0 Å². The molecule has 31 heavy (non-hydrogen) atoms. The molecule has 1 aliphatic rings. The molecular weight excluding hydrogens is 403 g/mol. The molecule has 1 heterocycles. The van der Waals surface area contributed by atoms with Crippen LogP contribution in [0.2, 0.25) is 0 Å². The molecular formula is C24H24F3N3O. The van der Waals surface area contributed by atoms with Gasteiger partial charge in [-0.2, -0.15) is 18.2 Å². The summed E-state index contributed by atoms with van der Waals surface area (Å²) in [5.41, 5.74) is 1.71. The van der Waals surface area contributed by atoms with Gasteiger partial charge in [0.05, 0.1) is 0 Å². The number of hydrogen-bond acceptors (Lipinski definition) is 4. The highest BCUT2D eigenvalue weighted by molar-refractivity contribution is 5.60. The Morgan fingerprint density at radius 3 is 2.32 bits per heavy atom. The lowest BCUT2D eigenvalue weighted by atomic mass is 9.84. The molecule has 0 atom stereocenters. The first-order valence-electron chi connectivity index (χ1n) is 10.5. The van der Waals surface area contributed by atoms with Crippen LogP contribution >= 0.6 is 0 Å². The summed E-state index contributed by atoms with van der Waals surface area (Å²) in [7, 11) is 0. The summed E-state index contributed by atoms with van der Waals surface area (Å²) in [6, 6.07) is 16.8. The van der Waals surface area contributed by atoms with Crippen LogP contribution in [-0.2, 0) is 12.8 Å². The van der Waals surface area contributed by atoms with Gasteiger partial charge in [0.1, 0.15) is 18.0 Å². The van der Waals surface area contributed by atoms with Gasteiger partial charge >= 0.3 is 12.2 Å². The summed E-state index contributed by atoms with van der Waals surface area (Å²) < 4.78 is 45.9. The maximum absolute atomic E-state index is 13.5. The van der Waals surface area contributed by atoms with Gasteiger partial charge in [0, 0.05) is 11.9 Å². The molecule has 0 radical (unpaired) electrons. The van der Waals surface area contributed by atoms with E-state index in [2.05, 4.69) is 15.3 Å². The van der Waals surface area contributed by atoms with E-state index in [1.807, 2.05) is 42.5 Å². The summed E-state index contributed by atoms with van der Waals surface area (Å²) >= 11 is 0. The summed E-state index contributed by atoms with van der Waals surface area (Å²) in [5.74, 6) is 0.210. The van der Waals surface area contributed by atoms with Crippen LogP contribution in [0.4, 0.5) is 24.7 Å². The summed E-state index contributed by atoms with van der Waals surface area (Å²) in [5, 5.41) is 2.80. The zero-order valence-electron chi connectivity index (χ0n) is 17.0. The van der Waals surface area contributed by atoms with Crippen LogP contribution in [0.15, 0.2) is 60.8 Å². The number of nitrogens with zero attached hydrogens (tertiary/aromatic N) is 2. The molecule has 162 valence electrons. The Hall–Kier alpha value is -3.09. The van der Waals surface area contributed by atoms with Crippen LogP contribution in [0, 0.1) is 0 Å². The highest BCUT2D eigenvalue weighted by Gasteiger charge is 2.35. The first kappa shape index (κ1) is 21.2. The van der Waals surface area contributed by atoms with Crippen molar-refractivity contribution in [2.45, 2.75) is 50.8 Å². The normalized spacial score (nSPS) is 14.9. The standard InChI is InChI=1S/C24H24F3N3O/c25-24(26,27)21-15-28-23(31-16-17-7-3-1-4-8-17)30-22(21)29-20-13-11-19(12-14-20)18-9-5-2-6-10-18/h1,3-4,7-8,11-15,18H,2,5-6,9-10,16H2,(H,28,29,30). The second-order valence-corrected chi connectivity index (χ2v) is 7.77. The third-order valence-electron chi connectivity index (χ3n) is 5.53. The number of aromatic nitrogens is 2. The number of hydrogen-bond donors (Lipinski definition) is 1. The Morgan fingerprint density at radius 1 is 0.935 bits per heavy atom. The Bertz CT molecular complexity index is 985. The smallest absolute Gasteiger partial charge is 0.421 e. The van der Waals surface area contributed by atoms with Gasteiger partial charge in [0.25, 0.3) is 0 Å². The predicted molar refractivity (Wildman–Crippen MR) is 113 cm³/mol. The Kier molecular flexibility index (Phi) is 6.39. The van der Waals surface area contributed by atoms with Gasteiger partial charge in [-0.15, -0.1) is 0 Å². The molecule has 3 aromatic rings. The quantitative estimate of drug-likeness (QED) is 0.467. The van der Waals surface area contributed by atoms with Crippen molar-refractivity contribution >= 4 is 11.5 Å². The number of anilines is 2. The van der Waals surface area contributed by atoms with Crippen molar-refractivity contribution < 1.29 is 17.9 Å². The molecule has 1 aliphatic carbocycles. The fourth-order valence-electron chi connectivity index (χ4n) is 3.87. The Balaban J connectivity index is 1.52. The first-order valence-corrected chi connectivity index (χ1v) is 10.5. The fraction of sp³-hybridized carbons (Fsp3) is 0.333. The molecule has 7 heteroatoms. The van der Waals surface area contributed by atoms with Gasteiger partial charge in [0.15, 0.2) is 0 Å². The predicted octanol–water partition coefficient (Wildman–Crippen LogP) is 6.87. The summed E-state index contributed by atoms with van der Waals surface area (Å²) in [6.07, 6.45) is 2.24. The molecule has 0 bridgehead atoms. The number of ether oxygens (including phenoxy) is 1. The highest BCUT2D eigenvalue weighted by Crippen LogP contribution is 2.36. The molecule has 0 aliphatic heterocycles. The van der Waals surface area contributed by atoms with Crippen LogP contribution in [0.25, 0.3) is 0 Å². The van der Waals surface area contributed by atoms with E-state index in [9.17, 15) is 13.2 Å². The molecule has 4 rings (SSSR count). The fourth-order valence-corrected chi connectivity index (χ4v) is 3.87. The topological polar surface area (TPSA) is 47.0 Å². The van der Waals surface area contributed by atoms with Gasteiger partial charge in [-0.1, -0.05) is 61.7 Å². The minimum atomic E-state index is -4.58. The zero-order chi connectivity index (χ0) is 21.7. The van der Waals surface area contributed by atoms with Crippen LogP contribution in [0.3, 0.4) is 0 Å². The van der Waals surface area contributed by atoms with E-state index in [0.29, 0.717) is 11.6 Å². The van der Waals surface area contributed by atoms with Crippen molar-refractivity contribution in [2.75, 3.05) is 5.32 Å². The summed E-state index contributed by atoms with van der Waals surface area (Å²) in [6.45, 7) is 0.168. The molecule has 1 N–H and O–H groups in total. The molecule has 0 amide bonds. The third-order valence-corrected chi connectivity index (χ3v) is 5.53. The molecule has 2 aromatic carbocycles. The second kappa shape index (κ2) is 9.37. The second-order valence-electron chi connectivity index (χ2n) is 7.77. The lowest BCUT2D eigenvalue weighted by Crippen LogP contribution is -2.12. The van der Waals surface area contributed by atoms with E-state index in [0.717, 1.165) is 11.8 Å². The molecule has 1 saturated carbocycles. The number of alkyl halides is 3. The largest absolute Gasteiger partial charge is 0.459 e. The number of nitrogens with one attached hydrogen (secondary N) is 1. The van der Waals surface area contributed by atoms with E-state index in [-0.39, 0.29) is 18.4 Å². The summed E-state index contributed by atoms with van der Waals surface area (Å²) in [4.78, 5) is 7.74. The van der Waals surface area contributed by atoms with Gasteiger partial charge in [-0.3, -0.25) is 0 Å². The minimum absolute atomic E-state index is 0.113. The van der Waals surface area contributed by atoms with E-state index >= 15 is 0 Å². The third kappa shape index (κ3) is 5.54. The number of rotatable bonds is 6. The maximum Gasteiger partial charge on any atom is 0.421 e. The molecule has 1 fully saturated rings. The Morgan fingerprint density at radius 2 is 1.65 bits per heavy atom. The van der Waals surface area contributed by atoms with Crippen LogP contribution in [0.1, 0.15) is 54.7 Å². The molecule has 4 nitrogen and oxygen atoms in total. The lowest BCUT2D eigenvalue weighted by molar-refractivity contribution is -0.137. The van der Waals surface area contributed by atoms with Gasteiger partial charge in [-0.25, -0.2) is 4.98 Å². The van der Waals surface area contributed by atoms with Crippen LogP contribution in [-0.4, -0.2) is 9.97 Å². The van der Waals surface area contributed by atoms with Crippen molar-refractivity contribution in [3.05, 3.63) is 77.5 Å². The van der Waals surface area contributed by atoms with Crippen molar-refractivity contribution in [3.8, 4) is 6.01 Å². The van der Waals surface area contributed by atoms with E-state index in [1.54, 1.807) is 12.1 Å². The van der Waals surface area contributed by atoms with E-state index in [4.69, 9.17) is 4.74 Å². The maximum atomic E-state index is 13.5. The van der Waals surface area contributed by atoms with Crippen LogP contribution in [0.5, 0.6) is 6.01 Å². The Labute approximate surface area is 179 Å². The molecule has 0 spiro atoms. The van der Waals surface area contributed by atoms with Crippen molar-refractivity contribution in [3.63, 3.8) is 0 Å². The molecule has 0 unspecified atom stereocenters. The average molecular weight is 427 g/mol. The van der Waals surface area contributed by atoms with Crippen LogP contribution < -0.4 is 10.1 Å². The number of benzene rings is 2. The van der Waals surface area contributed by atoms with Gasteiger partial charge < -0.3 is 10.1 Å². The van der Waals surface area contributed by atoms with E-state index in [1.165, 1.54) is 37.7 Å². The van der Waals surface area contributed by atoms with Gasteiger partial charge in [0.2, 0.25) is 0 Å².